The van der Waals surface area contributed by atoms with E-state index < -0.39 is 0 Å². The topological polar surface area (TPSA) is 71.8 Å². The molecule has 2 saturated heterocycles. The molecule has 0 aliphatic carbocycles. The Hall–Kier alpha value is -2.60. The van der Waals surface area contributed by atoms with Crippen LogP contribution in [-0.4, -0.2) is 48.1 Å². The Morgan fingerprint density at radius 3 is 2.68 bits per heavy atom. The van der Waals surface area contributed by atoms with E-state index >= 15 is 0 Å². The van der Waals surface area contributed by atoms with Crippen LogP contribution in [0, 0.1) is 6.92 Å². The maximum Gasteiger partial charge on any atom is 0.257 e. The van der Waals surface area contributed by atoms with Gasteiger partial charge in [0, 0.05) is 25.2 Å². The molecule has 2 aliphatic heterocycles. The van der Waals surface area contributed by atoms with Gasteiger partial charge in [0.15, 0.2) is 0 Å². The zero-order chi connectivity index (χ0) is 19.6. The zero-order valence-electron chi connectivity index (χ0n) is 16.1. The molecule has 6 heteroatoms. The maximum absolute atomic E-state index is 12.4. The van der Waals surface area contributed by atoms with Crippen molar-refractivity contribution in [1.29, 1.82) is 0 Å². The van der Waals surface area contributed by atoms with Gasteiger partial charge in [-0.15, -0.1) is 0 Å². The van der Waals surface area contributed by atoms with Gasteiger partial charge in [-0.2, -0.15) is 0 Å². The molecule has 2 fully saturated rings. The number of amides is 2. The van der Waals surface area contributed by atoms with Crippen LogP contribution in [0.1, 0.15) is 52.0 Å². The lowest BCUT2D eigenvalue weighted by molar-refractivity contribution is -0.0712. The van der Waals surface area contributed by atoms with Gasteiger partial charge in [0.05, 0.1) is 23.5 Å². The maximum atomic E-state index is 12.4. The lowest BCUT2D eigenvalue weighted by Gasteiger charge is -2.39. The largest absolute Gasteiger partial charge is 0.472 e. The van der Waals surface area contributed by atoms with E-state index in [0.717, 1.165) is 31.2 Å². The number of likely N-dealkylation sites (tertiary alicyclic amines) is 1. The van der Waals surface area contributed by atoms with Crippen LogP contribution < -0.4 is 5.32 Å². The summed E-state index contributed by atoms with van der Waals surface area (Å²) in [6.45, 7) is 3.83. The van der Waals surface area contributed by atoms with E-state index in [1.165, 1.54) is 12.5 Å². The molecule has 0 unspecified atom stereocenters. The molecule has 4 rings (SSSR count). The molecule has 2 aromatic rings. The predicted molar refractivity (Wildman–Crippen MR) is 104 cm³/mol. The van der Waals surface area contributed by atoms with E-state index in [-0.39, 0.29) is 23.5 Å². The molecule has 6 nitrogen and oxygen atoms in total. The summed E-state index contributed by atoms with van der Waals surface area (Å²) >= 11 is 0. The van der Waals surface area contributed by atoms with E-state index in [1.54, 1.807) is 6.07 Å². The van der Waals surface area contributed by atoms with E-state index in [2.05, 4.69) is 5.32 Å². The predicted octanol–water partition coefficient (Wildman–Crippen LogP) is 3.17. The molecule has 1 atom stereocenters. The molecule has 0 saturated carbocycles. The van der Waals surface area contributed by atoms with Gasteiger partial charge in [-0.3, -0.25) is 9.59 Å². The molecule has 28 heavy (non-hydrogen) atoms. The highest BCUT2D eigenvalue weighted by Crippen LogP contribution is 2.39. The van der Waals surface area contributed by atoms with Crippen LogP contribution in [0.15, 0.2) is 47.3 Å². The summed E-state index contributed by atoms with van der Waals surface area (Å²) in [7, 11) is 0. The number of ether oxygens (including phenoxy) is 1. The number of benzene rings is 1. The van der Waals surface area contributed by atoms with Gasteiger partial charge in [0.2, 0.25) is 0 Å². The summed E-state index contributed by atoms with van der Waals surface area (Å²) in [6.07, 6.45) is 6.62. The number of furan rings is 1. The highest BCUT2D eigenvalue weighted by molar-refractivity contribution is 5.95. The van der Waals surface area contributed by atoms with Crippen LogP contribution in [0.4, 0.5) is 0 Å². The van der Waals surface area contributed by atoms with Crippen molar-refractivity contribution in [2.45, 2.75) is 44.3 Å². The highest BCUT2D eigenvalue weighted by atomic mass is 16.5. The molecule has 0 bridgehead atoms. The van der Waals surface area contributed by atoms with Crippen LogP contribution in [0.2, 0.25) is 0 Å². The minimum absolute atomic E-state index is 0.0173. The third-order valence-corrected chi connectivity index (χ3v) is 5.95. The number of aryl methyl sites for hydroxylation is 1. The van der Waals surface area contributed by atoms with Gasteiger partial charge in [0.1, 0.15) is 6.26 Å². The van der Waals surface area contributed by atoms with Gasteiger partial charge >= 0.3 is 0 Å². The zero-order valence-corrected chi connectivity index (χ0v) is 16.1. The number of rotatable bonds is 4. The van der Waals surface area contributed by atoms with Crippen molar-refractivity contribution in [2.75, 3.05) is 19.6 Å². The molecular weight excluding hydrogens is 356 g/mol. The fourth-order valence-electron chi connectivity index (χ4n) is 4.22. The van der Waals surface area contributed by atoms with Gasteiger partial charge in [-0.25, -0.2) is 0 Å². The fraction of sp³-hybridized carbons (Fsp3) is 0.455. The van der Waals surface area contributed by atoms with Crippen molar-refractivity contribution in [3.63, 3.8) is 0 Å². The molecule has 1 aromatic carbocycles. The Balaban J connectivity index is 1.27. The summed E-state index contributed by atoms with van der Waals surface area (Å²) in [5, 5.41) is 3.01. The van der Waals surface area contributed by atoms with Crippen LogP contribution in [0.25, 0.3) is 0 Å². The van der Waals surface area contributed by atoms with Crippen molar-refractivity contribution in [3.05, 3.63) is 59.5 Å². The third kappa shape index (κ3) is 3.83. The Morgan fingerprint density at radius 2 is 1.96 bits per heavy atom. The molecule has 2 amide bonds. The molecule has 1 aromatic heterocycles. The average molecular weight is 382 g/mol. The number of hydrogen-bond donors (Lipinski definition) is 1. The Bertz CT molecular complexity index is 838. The summed E-state index contributed by atoms with van der Waals surface area (Å²) in [6, 6.07) is 9.29. The molecule has 148 valence electrons. The highest BCUT2D eigenvalue weighted by Gasteiger charge is 2.43. The van der Waals surface area contributed by atoms with E-state index in [4.69, 9.17) is 9.15 Å². The van der Waals surface area contributed by atoms with Crippen LogP contribution in [0.3, 0.4) is 0 Å². The Labute approximate surface area is 164 Å². The van der Waals surface area contributed by atoms with Crippen LogP contribution in [0.5, 0.6) is 0 Å². The SMILES string of the molecule is Cc1ccccc1C(=O)NC[C@@H]1CCC2(CCN(C(=O)c3ccoc3)CC2)O1. The number of hydrogen-bond acceptors (Lipinski definition) is 4. The molecule has 1 spiro atoms. The van der Waals surface area contributed by atoms with Crippen molar-refractivity contribution in [3.8, 4) is 0 Å². The third-order valence-electron chi connectivity index (χ3n) is 5.95. The number of nitrogens with zero attached hydrogens (tertiary/aromatic N) is 1. The van der Waals surface area contributed by atoms with Crippen LogP contribution >= 0.6 is 0 Å². The van der Waals surface area contributed by atoms with Crippen molar-refractivity contribution >= 4 is 11.8 Å². The number of nitrogens with one attached hydrogen (secondary N) is 1. The molecular formula is C22H26N2O4. The summed E-state index contributed by atoms with van der Waals surface area (Å²) in [5.41, 5.74) is 2.12. The van der Waals surface area contributed by atoms with Gasteiger partial charge < -0.3 is 19.4 Å². The first-order valence-electron chi connectivity index (χ1n) is 9.89. The van der Waals surface area contributed by atoms with Crippen molar-refractivity contribution < 1.29 is 18.7 Å². The van der Waals surface area contributed by atoms with E-state index in [9.17, 15) is 9.59 Å². The standard InChI is InChI=1S/C22H26N2O4/c1-16-4-2-3-5-19(16)20(25)23-14-18-6-8-22(28-18)9-11-24(12-10-22)21(26)17-7-13-27-15-17/h2-5,7,13,15,18H,6,8-12,14H2,1H3,(H,23,25)/t18-/m0/s1. The smallest absolute Gasteiger partial charge is 0.257 e. The van der Waals surface area contributed by atoms with Gasteiger partial charge in [0.25, 0.3) is 11.8 Å². The second kappa shape index (κ2) is 7.80. The minimum Gasteiger partial charge on any atom is -0.472 e. The average Bonchev–Trinajstić information content (AvgIpc) is 3.37. The Kier molecular flexibility index (Phi) is 5.22. The molecule has 3 heterocycles. The minimum atomic E-state index is -0.161. The monoisotopic (exact) mass is 382 g/mol. The summed E-state index contributed by atoms with van der Waals surface area (Å²) in [5.74, 6) is -0.0354. The lowest BCUT2D eigenvalue weighted by Crippen LogP contribution is -2.47. The lowest BCUT2D eigenvalue weighted by atomic mass is 9.88. The molecule has 0 radical (unpaired) electrons. The number of carbonyl (C=O) groups excluding carboxylic acids is 2. The number of carbonyl (C=O) groups is 2. The second-order valence-electron chi connectivity index (χ2n) is 7.79. The fourth-order valence-corrected chi connectivity index (χ4v) is 4.22. The van der Waals surface area contributed by atoms with Crippen molar-refractivity contribution in [2.24, 2.45) is 0 Å². The molecule has 1 N–H and O–H groups in total. The normalized spacial score (nSPS) is 21.0. The van der Waals surface area contributed by atoms with Gasteiger partial charge in [-0.05, 0) is 50.3 Å². The first kappa shape index (κ1) is 18.7. The first-order chi connectivity index (χ1) is 13.6. The second-order valence-corrected chi connectivity index (χ2v) is 7.79. The van der Waals surface area contributed by atoms with Crippen LogP contribution in [-0.2, 0) is 4.74 Å². The first-order valence-corrected chi connectivity index (χ1v) is 9.89. The number of piperidine rings is 1. The Morgan fingerprint density at radius 1 is 1.18 bits per heavy atom. The van der Waals surface area contributed by atoms with Crippen molar-refractivity contribution in [1.82, 2.24) is 10.2 Å². The summed E-state index contributed by atoms with van der Waals surface area (Å²) in [4.78, 5) is 26.7. The van der Waals surface area contributed by atoms with Gasteiger partial charge in [-0.1, -0.05) is 18.2 Å². The summed E-state index contributed by atoms with van der Waals surface area (Å²) < 4.78 is 11.4. The quantitative estimate of drug-likeness (QED) is 0.882. The van der Waals surface area contributed by atoms with E-state index in [1.807, 2.05) is 36.1 Å². The molecule has 2 aliphatic rings. The van der Waals surface area contributed by atoms with E-state index in [0.29, 0.717) is 30.8 Å².